The van der Waals surface area contributed by atoms with Crippen LogP contribution in [0.5, 0.6) is 5.75 Å². The number of hydrogen-bond acceptors (Lipinski definition) is 4. The highest BCUT2D eigenvalue weighted by molar-refractivity contribution is 5.28. The van der Waals surface area contributed by atoms with E-state index >= 15 is 0 Å². The molecule has 0 amide bonds. The van der Waals surface area contributed by atoms with E-state index in [0.717, 1.165) is 30.8 Å². The largest absolute Gasteiger partial charge is 0.493 e. The van der Waals surface area contributed by atoms with Crippen LogP contribution in [0.2, 0.25) is 0 Å². The number of ether oxygens (including phenoxy) is 2. The minimum absolute atomic E-state index is 0.236. The maximum atomic E-state index is 5.39. The van der Waals surface area contributed by atoms with E-state index in [4.69, 9.17) is 9.47 Å². The molecular formula is C13H25N3O2. The maximum absolute atomic E-state index is 5.39. The highest BCUT2D eigenvalue weighted by Gasteiger charge is 2.20. The Hall–Kier alpha value is -1.07. The third kappa shape index (κ3) is 3.46. The van der Waals surface area contributed by atoms with Crippen LogP contribution < -0.4 is 10.1 Å². The average molecular weight is 255 g/mol. The van der Waals surface area contributed by atoms with E-state index in [9.17, 15) is 0 Å². The molecule has 0 bridgehead atoms. The lowest BCUT2D eigenvalue weighted by molar-refractivity contribution is 0.106. The Balaban J connectivity index is 2.83. The minimum atomic E-state index is 0.236. The standard InChI is InChI=1S/C13H25N3O2/c1-6-16-13(12(18-5)9-15-16)11(14-3)8-7-10(2)17-4/h9-11,14H,6-8H2,1-5H3. The number of hydrogen-bond donors (Lipinski definition) is 1. The second-order valence-electron chi connectivity index (χ2n) is 4.38. The molecule has 104 valence electrons. The molecule has 0 aliphatic heterocycles. The van der Waals surface area contributed by atoms with Crippen molar-refractivity contribution in [1.29, 1.82) is 0 Å². The molecule has 1 aromatic heterocycles. The molecule has 18 heavy (non-hydrogen) atoms. The SMILES string of the molecule is CCn1ncc(OC)c1C(CCC(C)OC)NC. The topological polar surface area (TPSA) is 48.3 Å². The van der Waals surface area contributed by atoms with Crippen molar-refractivity contribution in [3.8, 4) is 5.75 Å². The third-order valence-electron chi connectivity index (χ3n) is 3.31. The Morgan fingerprint density at radius 2 is 2.11 bits per heavy atom. The number of rotatable bonds is 8. The van der Waals surface area contributed by atoms with Gasteiger partial charge >= 0.3 is 0 Å². The zero-order valence-electron chi connectivity index (χ0n) is 12.1. The maximum Gasteiger partial charge on any atom is 0.161 e. The number of methoxy groups -OCH3 is 2. The van der Waals surface area contributed by atoms with Gasteiger partial charge in [-0.25, -0.2) is 0 Å². The smallest absolute Gasteiger partial charge is 0.161 e. The fourth-order valence-corrected chi connectivity index (χ4v) is 2.08. The molecule has 1 heterocycles. The van der Waals surface area contributed by atoms with Crippen molar-refractivity contribution in [3.05, 3.63) is 11.9 Å². The van der Waals surface area contributed by atoms with E-state index in [-0.39, 0.29) is 12.1 Å². The van der Waals surface area contributed by atoms with Crippen molar-refractivity contribution < 1.29 is 9.47 Å². The minimum Gasteiger partial charge on any atom is -0.493 e. The summed E-state index contributed by atoms with van der Waals surface area (Å²) in [5.41, 5.74) is 1.12. The van der Waals surface area contributed by atoms with Gasteiger partial charge in [0.2, 0.25) is 0 Å². The predicted molar refractivity (Wildman–Crippen MR) is 72.0 cm³/mol. The van der Waals surface area contributed by atoms with E-state index < -0.39 is 0 Å². The van der Waals surface area contributed by atoms with Crippen molar-refractivity contribution in [2.24, 2.45) is 0 Å². The summed E-state index contributed by atoms with van der Waals surface area (Å²) in [6, 6.07) is 0.236. The second-order valence-corrected chi connectivity index (χ2v) is 4.38. The molecule has 5 nitrogen and oxygen atoms in total. The molecule has 0 aliphatic rings. The van der Waals surface area contributed by atoms with Crippen LogP contribution in [0.3, 0.4) is 0 Å². The van der Waals surface area contributed by atoms with Crippen LogP contribution in [0.15, 0.2) is 6.20 Å². The molecule has 2 atom stereocenters. The Labute approximate surface area is 109 Å². The highest BCUT2D eigenvalue weighted by Crippen LogP contribution is 2.28. The van der Waals surface area contributed by atoms with Gasteiger partial charge in [-0.1, -0.05) is 0 Å². The molecule has 0 saturated heterocycles. The quantitative estimate of drug-likeness (QED) is 0.771. The Morgan fingerprint density at radius 3 is 2.61 bits per heavy atom. The summed E-state index contributed by atoms with van der Waals surface area (Å²) in [6.07, 6.45) is 4.04. The molecule has 0 aliphatic carbocycles. The Bertz CT molecular complexity index is 331. The summed E-state index contributed by atoms with van der Waals surface area (Å²) in [5, 5.41) is 7.68. The lowest BCUT2D eigenvalue weighted by Crippen LogP contribution is -2.22. The lowest BCUT2D eigenvalue weighted by atomic mass is 10.0. The molecule has 0 aromatic carbocycles. The van der Waals surface area contributed by atoms with Crippen LogP contribution >= 0.6 is 0 Å². The zero-order valence-corrected chi connectivity index (χ0v) is 12.1. The van der Waals surface area contributed by atoms with Crippen LogP contribution in [0.4, 0.5) is 0 Å². The normalized spacial score (nSPS) is 14.5. The summed E-state index contributed by atoms with van der Waals surface area (Å²) in [6.45, 7) is 5.01. The van der Waals surface area contributed by atoms with Gasteiger partial charge in [0.1, 0.15) is 0 Å². The highest BCUT2D eigenvalue weighted by atomic mass is 16.5. The first kappa shape index (κ1) is 15.0. The molecule has 2 unspecified atom stereocenters. The predicted octanol–water partition coefficient (Wildman–Crippen LogP) is 1.99. The molecular weight excluding hydrogens is 230 g/mol. The van der Waals surface area contributed by atoms with E-state index in [1.807, 2.05) is 11.7 Å². The van der Waals surface area contributed by atoms with Gasteiger partial charge < -0.3 is 14.8 Å². The van der Waals surface area contributed by atoms with Gasteiger partial charge in [0.05, 0.1) is 31.1 Å². The molecule has 1 rings (SSSR count). The van der Waals surface area contributed by atoms with Gasteiger partial charge in [0.25, 0.3) is 0 Å². The van der Waals surface area contributed by atoms with Gasteiger partial charge in [-0.3, -0.25) is 4.68 Å². The Morgan fingerprint density at radius 1 is 1.39 bits per heavy atom. The monoisotopic (exact) mass is 255 g/mol. The third-order valence-corrected chi connectivity index (χ3v) is 3.31. The second kappa shape index (κ2) is 7.38. The molecule has 1 aromatic rings. The van der Waals surface area contributed by atoms with Crippen molar-refractivity contribution in [2.75, 3.05) is 21.3 Å². The Kier molecular flexibility index (Phi) is 6.15. The summed E-state index contributed by atoms with van der Waals surface area (Å²) >= 11 is 0. The molecule has 0 radical (unpaired) electrons. The van der Waals surface area contributed by atoms with Gasteiger partial charge in [0.15, 0.2) is 5.75 Å². The molecule has 0 saturated carbocycles. The number of aryl methyl sites for hydroxylation is 1. The van der Waals surface area contributed by atoms with Crippen molar-refractivity contribution in [3.63, 3.8) is 0 Å². The van der Waals surface area contributed by atoms with Crippen LogP contribution in [0.25, 0.3) is 0 Å². The summed E-state index contributed by atoms with van der Waals surface area (Å²) in [5.74, 6) is 0.848. The van der Waals surface area contributed by atoms with Crippen molar-refractivity contribution >= 4 is 0 Å². The van der Waals surface area contributed by atoms with Crippen LogP contribution in [0.1, 0.15) is 38.4 Å². The summed E-state index contributed by atoms with van der Waals surface area (Å²) in [4.78, 5) is 0. The van der Waals surface area contributed by atoms with E-state index in [2.05, 4.69) is 24.3 Å². The van der Waals surface area contributed by atoms with Gasteiger partial charge in [-0.05, 0) is 33.7 Å². The van der Waals surface area contributed by atoms with Crippen molar-refractivity contribution in [1.82, 2.24) is 15.1 Å². The fraction of sp³-hybridized carbons (Fsp3) is 0.769. The number of nitrogens with one attached hydrogen (secondary N) is 1. The molecule has 0 fully saturated rings. The molecule has 1 N–H and O–H groups in total. The van der Waals surface area contributed by atoms with Crippen LogP contribution in [0, 0.1) is 0 Å². The van der Waals surface area contributed by atoms with Crippen LogP contribution in [-0.2, 0) is 11.3 Å². The van der Waals surface area contributed by atoms with E-state index in [1.54, 1.807) is 20.4 Å². The van der Waals surface area contributed by atoms with Gasteiger partial charge in [-0.2, -0.15) is 5.10 Å². The van der Waals surface area contributed by atoms with E-state index in [0.29, 0.717) is 0 Å². The summed E-state index contributed by atoms with van der Waals surface area (Å²) < 4.78 is 12.7. The average Bonchev–Trinajstić information content (AvgIpc) is 2.82. The van der Waals surface area contributed by atoms with Gasteiger partial charge in [-0.15, -0.1) is 0 Å². The van der Waals surface area contributed by atoms with E-state index in [1.165, 1.54) is 0 Å². The van der Waals surface area contributed by atoms with Crippen LogP contribution in [-0.4, -0.2) is 37.2 Å². The number of aromatic nitrogens is 2. The first-order valence-electron chi connectivity index (χ1n) is 6.47. The first-order valence-corrected chi connectivity index (χ1v) is 6.47. The number of nitrogens with zero attached hydrogens (tertiary/aromatic N) is 2. The van der Waals surface area contributed by atoms with Crippen molar-refractivity contribution in [2.45, 2.75) is 45.4 Å². The lowest BCUT2D eigenvalue weighted by Gasteiger charge is -2.20. The molecule has 0 spiro atoms. The first-order chi connectivity index (χ1) is 8.67. The zero-order chi connectivity index (χ0) is 13.5. The fourth-order valence-electron chi connectivity index (χ4n) is 2.08. The molecule has 5 heteroatoms. The van der Waals surface area contributed by atoms with Gasteiger partial charge in [0, 0.05) is 13.7 Å². The summed E-state index contributed by atoms with van der Waals surface area (Å²) in [7, 11) is 5.40.